The molecule has 0 aliphatic carbocycles. The quantitative estimate of drug-likeness (QED) is 0.513. The monoisotopic (exact) mass is 291 g/mol. The first-order valence-corrected chi connectivity index (χ1v) is 8.64. The van der Waals surface area contributed by atoms with Crippen LogP contribution in [-0.4, -0.2) is 13.7 Å². The van der Waals surface area contributed by atoms with E-state index in [2.05, 4.69) is 36.5 Å². The average Bonchev–Trinajstić information content (AvgIpc) is 2.50. The molecule has 120 valence electrons. The summed E-state index contributed by atoms with van der Waals surface area (Å²) < 4.78 is 5.17. The normalized spacial score (nSPS) is 11.0. The molecule has 0 aliphatic heterocycles. The minimum atomic E-state index is 0.700. The Morgan fingerprint density at radius 2 is 1.57 bits per heavy atom. The van der Waals surface area contributed by atoms with Crippen LogP contribution in [0.5, 0.6) is 0 Å². The van der Waals surface area contributed by atoms with E-state index in [9.17, 15) is 0 Å². The molecule has 0 fully saturated rings. The molecule has 1 rings (SSSR count). The van der Waals surface area contributed by atoms with E-state index in [0.29, 0.717) is 6.61 Å². The van der Waals surface area contributed by atoms with Crippen molar-refractivity contribution in [2.45, 2.75) is 71.4 Å². The second-order valence-electron chi connectivity index (χ2n) is 5.90. The van der Waals surface area contributed by atoms with Gasteiger partial charge in [0, 0.05) is 13.7 Å². The fourth-order valence-corrected chi connectivity index (χ4v) is 2.61. The molecular weight excluding hydrogens is 258 g/mol. The summed E-state index contributed by atoms with van der Waals surface area (Å²) in [6.07, 6.45) is 11.1. The Bertz CT molecular complexity index is 351. The summed E-state index contributed by atoms with van der Waals surface area (Å²) in [5.74, 6) is 0. The number of hydrogen-bond donors (Lipinski definition) is 1. The molecule has 1 aromatic carbocycles. The zero-order valence-electron chi connectivity index (χ0n) is 14.0. The molecule has 0 bridgehead atoms. The van der Waals surface area contributed by atoms with Gasteiger partial charge in [-0.15, -0.1) is 0 Å². The molecule has 0 aromatic heterocycles. The molecule has 0 heterocycles. The fourth-order valence-electron chi connectivity index (χ4n) is 2.61. The van der Waals surface area contributed by atoms with Crippen LogP contribution < -0.4 is 5.32 Å². The van der Waals surface area contributed by atoms with E-state index in [-0.39, 0.29) is 0 Å². The molecule has 0 saturated carbocycles. The molecule has 0 spiro atoms. The summed E-state index contributed by atoms with van der Waals surface area (Å²) in [5.41, 5.74) is 2.60. The Hall–Kier alpha value is -0.860. The molecule has 0 amide bonds. The fraction of sp³-hybridized carbons (Fsp3) is 0.684. The van der Waals surface area contributed by atoms with Gasteiger partial charge >= 0.3 is 0 Å². The minimum absolute atomic E-state index is 0.700. The number of ether oxygens (including phenoxy) is 1. The van der Waals surface area contributed by atoms with Gasteiger partial charge in [0.2, 0.25) is 0 Å². The Balaban J connectivity index is 1.97. The van der Waals surface area contributed by atoms with Gasteiger partial charge in [-0.3, -0.25) is 0 Å². The lowest BCUT2D eigenvalue weighted by Crippen LogP contribution is -2.14. The lowest BCUT2D eigenvalue weighted by Gasteiger charge is -2.07. The van der Waals surface area contributed by atoms with E-state index in [1.165, 1.54) is 62.5 Å². The summed E-state index contributed by atoms with van der Waals surface area (Å²) in [4.78, 5) is 0. The number of unbranched alkanes of at least 4 members (excludes halogenated alkanes) is 7. The van der Waals surface area contributed by atoms with Crippen LogP contribution >= 0.6 is 0 Å². The maximum absolute atomic E-state index is 5.17. The Morgan fingerprint density at radius 3 is 2.29 bits per heavy atom. The van der Waals surface area contributed by atoms with Crippen molar-refractivity contribution in [3.05, 3.63) is 35.4 Å². The van der Waals surface area contributed by atoms with Gasteiger partial charge in [0.1, 0.15) is 0 Å². The number of benzene rings is 1. The second-order valence-corrected chi connectivity index (χ2v) is 5.90. The molecule has 1 N–H and O–H groups in total. The van der Waals surface area contributed by atoms with Crippen LogP contribution in [0.4, 0.5) is 0 Å². The van der Waals surface area contributed by atoms with Crippen molar-refractivity contribution in [3.8, 4) is 0 Å². The molecule has 21 heavy (non-hydrogen) atoms. The van der Waals surface area contributed by atoms with E-state index >= 15 is 0 Å². The van der Waals surface area contributed by atoms with Crippen molar-refractivity contribution >= 4 is 0 Å². The Kier molecular flexibility index (Phi) is 11.1. The summed E-state index contributed by atoms with van der Waals surface area (Å²) >= 11 is 0. The zero-order chi connectivity index (χ0) is 15.2. The predicted molar refractivity (Wildman–Crippen MR) is 91.5 cm³/mol. The molecular formula is C19H33NO. The van der Waals surface area contributed by atoms with Gasteiger partial charge in [-0.25, -0.2) is 0 Å². The van der Waals surface area contributed by atoms with E-state index in [1.54, 1.807) is 7.11 Å². The van der Waals surface area contributed by atoms with Gasteiger partial charge < -0.3 is 10.1 Å². The summed E-state index contributed by atoms with van der Waals surface area (Å²) in [6, 6.07) is 8.64. The Morgan fingerprint density at radius 1 is 0.905 bits per heavy atom. The molecule has 0 saturated heterocycles. The first-order valence-electron chi connectivity index (χ1n) is 8.64. The third-order valence-electron chi connectivity index (χ3n) is 3.84. The predicted octanol–water partition coefficient (Wildman–Crippen LogP) is 5.06. The maximum atomic E-state index is 5.17. The maximum Gasteiger partial charge on any atom is 0.0713 e. The average molecular weight is 291 g/mol. The first-order chi connectivity index (χ1) is 10.4. The van der Waals surface area contributed by atoms with Gasteiger partial charge in [0.05, 0.1) is 6.61 Å². The highest BCUT2D eigenvalue weighted by molar-refractivity contribution is 5.22. The van der Waals surface area contributed by atoms with Crippen molar-refractivity contribution < 1.29 is 4.74 Å². The third kappa shape index (κ3) is 9.65. The van der Waals surface area contributed by atoms with Gasteiger partial charge in [-0.05, 0) is 24.1 Å². The van der Waals surface area contributed by atoms with E-state index < -0.39 is 0 Å². The molecule has 2 nitrogen and oxygen atoms in total. The highest BCUT2D eigenvalue weighted by Gasteiger charge is 1.96. The number of nitrogens with one attached hydrogen (secondary N) is 1. The third-order valence-corrected chi connectivity index (χ3v) is 3.84. The van der Waals surface area contributed by atoms with Crippen LogP contribution in [0, 0.1) is 0 Å². The highest BCUT2D eigenvalue weighted by atomic mass is 16.5. The lowest BCUT2D eigenvalue weighted by atomic mass is 10.1. The Labute approximate surface area is 131 Å². The topological polar surface area (TPSA) is 21.3 Å². The van der Waals surface area contributed by atoms with Crippen molar-refractivity contribution in [1.29, 1.82) is 0 Å². The molecule has 0 radical (unpaired) electrons. The number of hydrogen-bond acceptors (Lipinski definition) is 2. The van der Waals surface area contributed by atoms with Crippen LogP contribution in [0.3, 0.4) is 0 Å². The lowest BCUT2D eigenvalue weighted by molar-refractivity contribution is 0.185. The molecule has 0 atom stereocenters. The van der Waals surface area contributed by atoms with Crippen LogP contribution in [0.1, 0.15) is 69.4 Å². The smallest absolute Gasteiger partial charge is 0.0713 e. The molecule has 0 unspecified atom stereocenters. The van der Waals surface area contributed by atoms with Gasteiger partial charge in [0.25, 0.3) is 0 Å². The molecule has 2 heteroatoms. The van der Waals surface area contributed by atoms with Crippen LogP contribution in [0.25, 0.3) is 0 Å². The summed E-state index contributed by atoms with van der Waals surface area (Å²) in [7, 11) is 1.74. The van der Waals surface area contributed by atoms with Gasteiger partial charge in [-0.1, -0.05) is 76.1 Å². The number of rotatable bonds is 13. The SMILES string of the molecule is CCCCCCCCCCNCc1cccc(COC)c1. The second kappa shape index (κ2) is 12.8. The summed E-state index contributed by atoms with van der Waals surface area (Å²) in [6.45, 7) is 5.07. The van der Waals surface area contributed by atoms with Crippen molar-refractivity contribution in [2.24, 2.45) is 0 Å². The van der Waals surface area contributed by atoms with Crippen molar-refractivity contribution in [2.75, 3.05) is 13.7 Å². The summed E-state index contributed by atoms with van der Waals surface area (Å²) in [5, 5.41) is 3.54. The highest BCUT2D eigenvalue weighted by Crippen LogP contribution is 2.08. The van der Waals surface area contributed by atoms with E-state index in [1.807, 2.05) is 0 Å². The number of methoxy groups -OCH3 is 1. The van der Waals surface area contributed by atoms with E-state index in [4.69, 9.17) is 4.74 Å². The van der Waals surface area contributed by atoms with E-state index in [0.717, 1.165) is 13.1 Å². The van der Waals surface area contributed by atoms with Crippen LogP contribution in [0.2, 0.25) is 0 Å². The zero-order valence-corrected chi connectivity index (χ0v) is 14.0. The largest absolute Gasteiger partial charge is 0.380 e. The van der Waals surface area contributed by atoms with Gasteiger partial charge in [0.15, 0.2) is 0 Å². The standard InChI is InChI=1S/C19H33NO/c1-3-4-5-6-7-8-9-10-14-20-16-18-12-11-13-19(15-18)17-21-2/h11-13,15,20H,3-10,14,16-17H2,1-2H3. The van der Waals surface area contributed by atoms with Crippen LogP contribution in [-0.2, 0) is 17.9 Å². The molecule has 1 aromatic rings. The molecule has 0 aliphatic rings. The van der Waals surface area contributed by atoms with Crippen LogP contribution in [0.15, 0.2) is 24.3 Å². The van der Waals surface area contributed by atoms with Gasteiger partial charge in [-0.2, -0.15) is 0 Å². The first kappa shape index (κ1) is 18.2. The minimum Gasteiger partial charge on any atom is -0.380 e. The van der Waals surface area contributed by atoms with Crippen molar-refractivity contribution in [3.63, 3.8) is 0 Å². The van der Waals surface area contributed by atoms with Crippen molar-refractivity contribution in [1.82, 2.24) is 5.32 Å².